The fourth-order valence-electron chi connectivity index (χ4n) is 0.240. The molecule has 0 radical (unpaired) electrons. The second kappa shape index (κ2) is 3.77. The minimum atomic E-state index is -1.07. The van der Waals surface area contributed by atoms with Gasteiger partial charge in [0, 0.05) is 6.61 Å². The molecule has 0 amide bonds. The lowest BCUT2D eigenvalue weighted by molar-refractivity contribution is -0.0429. The zero-order chi connectivity index (χ0) is 6.57. The summed E-state index contributed by atoms with van der Waals surface area (Å²) in [7, 11) is 0. The normalized spacial score (nSPS) is 13.2. The first-order valence-corrected chi connectivity index (χ1v) is 2.68. The second-order valence-electron chi connectivity index (χ2n) is 1.21. The van der Waals surface area contributed by atoms with Crippen LogP contribution in [-0.2, 0) is 4.74 Å². The maximum Gasteiger partial charge on any atom is 0.206 e. The molecule has 0 aliphatic carbocycles. The third-order valence-corrected chi connectivity index (χ3v) is 0.770. The summed E-state index contributed by atoms with van der Waals surface area (Å²) in [6.45, 7) is 2.17. The summed E-state index contributed by atoms with van der Waals surface area (Å²) in [6, 6.07) is 0. The van der Waals surface area contributed by atoms with Gasteiger partial charge in [-0.3, -0.25) is 0 Å². The number of ether oxygens (including phenoxy) is 1. The lowest BCUT2D eigenvalue weighted by Crippen LogP contribution is -2.28. The molecule has 3 nitrogen and oxygen atoms in total. The Kier molecular flexibility index (Phi) is 3.68. The number of hydrogen-bond donors (Lipinski definition) is 2. The Hall–Kier alpha value is -0.190. The highest BCUT2D eigenvalue weighted by molar-refractivity contribution is 7.80. The number of aliphatic hydroxyl groups is 1. The van der Waals surface area contributed by atoms with Crippen molar-refractivity contribution in [2.45, 2.75) is 13.2 Å². The fraction of sp³-hybridized carbons (Fsp3) is 0.750. The van der Waals surface area contributed by atoms with E-state index in [0.717, 1.165) is 0 Å². The molecule has 4 heteroatoms. The molecule has 0 saturated carbocycles. The molecule has 1 atom stereocenters. The minimum Gasteiger partial charge on any atom is -0.389 e. The Morgan fingerprint density at radius 1 is 2.00 bits per heavy atom. The van der Waals surface area contributed by atoms with E-state index in [2.05, 4.69) is 17.0 Å². The maximum atomic E-state index is 8.64. The van der Waals surface area contributed by atoms with E-state index in [1.807, 2.05) is 0 Å². The van der Waals surface area contributed by atoms with Crippen molar-refractivity contribution in [1.82, 2.24) is 0 Å². The highest BCUT2D eigenvalue weighted by Crippen LogP contribution is 1.84. The number of rotatable bonds is 3. The molecule has 0 spiro atoms. The Bertz CT molecular complexity index is 86.1. The van der Waals surface area contributed by atoms with Gasteiger partial charge in [0.25, 0.3) is 0 Å². The maximum absolute atomic E-state index is 8.64. The van der Waals surface area contributed by atoms with E-state index in [4.69, 9.17) is 10.8 Å². The number of nitrogens with two attached hydrogens (primary N) is 1. The van der Waals surface area contributed by atoms with Crippen molar-refractivity contribution in [3.63, 3.8) is 0 Å². The predicted octanol–water partition coefficient (Wildman–Crippen LogP) is -0.373. The van der Waals surface area contributed by atoms with Crippen molar-refractivity contribution in [3.8, 4) is 0 Å². The van der Waals surface area contributed by atoms with Crippen LogP contribution in [0.25, 0.3) is 0 Å². The first-order chi connectivity index (χ1) is 3.68. The van der Waals surface area contributed by atoms with Gasteiger partial charge in [0.2, 0.25) is 6.29 Å². The van der Waals surface area contributed by atoms with Gasteiger partial charge in [-0.05, 0) is 6.92 Å². The standard InChI is InChI=1S/C4H9NO2S/c1-2-7-4(6)3(5)8/h4,6H,2H2,1H3,(H2,5,8). The average molecular weight is 135 g/mol. The van der Waals surface area contributed by atoms with Crippen molar-refractivity contribution in [1.29, 1.82) is 0 Å². The SMILES string of the molecule is CCOC(O)C(N)=S. The first kappa shape index (κ1) is 7.81. The summed E-state index contributed by atoms with van der Waals surface area (Å²) in [6.07, 6.45) is -1.07. The summed E-state index contributed by atoms with van der Waals surface area (Å²) in [5, 5.41) is 8.64. The number of thiocarbonyl (C=S) groups is 1. The van der Waals surface area contributed by atoms with Gasteiger partial charge in [-0.25, -0.2) is 0 Å². The molecule has 8 heavy (non-hydrogen) atoms. The van der Waals surface area contributed by atoms with Crippen LogP contribution in [0.2, 0.25) is 0 Å². The molecule has 0 aromatic carbocycles. The largest absolute Gasteiger partial charge is 0.389 e. The second-order valence-corrected chi connectivity index (χ2v) is 1.68. The van der Waals surface area contributed by atoms with Gasteiger partial charge in [-0.1, -0.05) is 12.2 Å². The van der Waals surface area contributed by atoms with Crippen LogP contribution in [0.5, 0.6) is 0 Å². The molecular weight excluding hydrogens is 126 g/mol. The van der Waals surface area contributed by atoms with Gasteiger partial charge in [-0.2, -0.15) is 0 Å². The van der Waals surface area contributed by atoms with Crippen molar-refractivity contribution < 1.29 is 9.84 Å². The highest BCUT2D eigenvalue weighted by atomic mass is 32.1. The Morgan fingerprint density at radius 2 is 2.50 bits per heavy atom. The zero-order valence-corrected chi connectivity index (χ0v) is 5.44. The van der Waals surface area contributed by atoms with E-state index in [1.54, 1.807) is 6.92 Å². The zero-order valence-electron chi connectivity index (χ0n) is 4.63. The molecule has 0 heterocycles. The third kappa shape index (κ3) is 2.90. The Labute approximate surface area is 53.4 Å². The Morgan fingerprint density at radius 3 is 2.62 bits per heavy atom. The van der Waals surface area contributed by atoms with E-state index >= 15 is 0 Å². The fourth-order valence-corrected chi connectivity index (χ4v) is 0.308. The van der Waals surface area contributed by atoms with E-state index < -0.39 is 6.29 Å². The van der Waals surface area contributed by atoms with Crippen LogP contribution in [0.3, 0.4) is 0 Å². The molecule has 48 valence electrons. The van der Waals surface area contributed by atoms with E-state index in [1.165, 1.54) is 0 Å². The molecule has 0 aromatic rings. The molecule has 1 unspecified atom stereocenters. The summed E-state index contributed by atoms with van der Waals surface area (Å²) in [5.74, 6) is 0. The van der Waals surface area contributed by atoms with Gasteiger partial charge in [0.1, 0.15) is 4.99 Å². The molecular formula is C4H9NO2S. The molecule has 0 aliphatic rings. The number of hydrogen-bond acceptors (Lipinski definition) is 3. The molecule has 3 N–H and O–H groups in total. The van der Waals surface area contributed by atoms with Gasteiger partial charge in [0.15, 0.2) is 0 Å². The smallest absolute Gasteiger partial charge is 0.206 e. The average Bonchev–Trinajstić information content (AvgIpc) is 1.67. The lowest BCUT2D eigenvalue weighted by atomic mass is 10.6. The summed E-state index contributed by atoms with van der Waals surface area (Å²) >= 11 is 4.39. The van der Waals surface area contributed by atoms with Crippen LogP contribution in [0.15, 0.2) is 0 Å². The van der Waals surface area contributed by atoms with Gasteiger partial charge in [0.05, 0.1) is 0 Å². The lowest BCUT2D eigenvalue weighted by Gasteiger charge is -2.05. The van der Waals surface area contributed by atoms with Gasteiger partial charge < -0.3 is 15.6 Å². The minimum absolute atomic E-state index is 0.0214. The van der Waals surface area contributed by atoms with E-state index in [0.29, 0.717) is 6.61 Å². The molecule has 0 aliphatic heterocycles. The van der Waals surface area contributed by atoms with Crippen LogP contribution in [0.1, 0.15) is 6.92 Å². The van der Waals surface area contributed by atoms with E-state index in [9.17, 15) is 0 Å². The van der Waals surface area contributed by atoms with Crippen LogP contribution in [0, 0.1) is 0 Å². The molecule has 0 rings (SSSR count). The highest BCUT2D eigenvalue weighted by Gasteiger charge is 2.03. The van der Waals surface area contributed by atoms with Crippen molar-refractivity contribution >= 4 is 17.2 Å². The number of aliphatic hydroxyl groups excluding tert-OH is 1. The van der Waals surface area contributed by atoms with Crippen LogP contribution in [-0.4, -0.2) is 23.0 Å². The summed E-state index contributed by atoms with van der Waals surface area (Å²) in [5.41, 5.74) is 4.98. The van der Waals surface area contributed by atoms with Gasteiger partial charge in [-0.15, -0.1) is 0 Å². The van der Waals surface area contributed by atoms with Gasteiger partial charge >= 0.3 is 0 Å². The van der Waals surface area contributed by atoms with Crippen molar-refractivity contribution in [2.75, 3.05) is 6.61 Å². The molecule has 0 fully saturated rings. The topological polar surface area (TPSA) is 55.5 Å². The molecule has 0 aromatic heterocycles. The predicted molar refractivity (Wildman–Crippen MR) is 34.4 cm³/mol. The van der Waals surface area contributed by atoms with Crippen LogP contribution >= 0.6 is 12.2 Å². The van der Waals surface area contributed by atoms with Crippen LogP contribution in [0.4, 0.5) is 0 Å². The van der Waals surface area contributed by atoms with E-state index in [-0.39, 0.29) is 4.99 Å². The monoisotopic (exact) mass is 135 g/mol. The summed E-state index contributed by atoms with van der Waals surface area (Å²) in [4.78, 5) is -0.0214. The molecule has 0 bridgehead atoms. The first-order valence-electron chi connectivity index (χ1n) is 2.27. The van der Waals surface area contributed by atoms with Crippen molar-refractivity contribution in [3.05, 3.63) is 0 Å². The van der Waals surface area contributed by atoms with Crippen LogP contribution < -0.4 is 5.73 Å². The third-order valence-electron chi connectivity index (χ3n) is 0.568. The molecule has 0 saturated heterocycles. The Balaban J connectivity index is 3.32. The summed E-state index contributed by atoms with van der Waals surface area (Å²) < 4.78 is 4.59. The van der Waals surface area contributed by atoms with Crippen molar-refractivity contribution in [2.24, 2.45) is 5.73 Å². The quantitative estimate of drug-likeness (QED) is 0.409.